The van der Waals surface area contributed by atoms with Gasteiger partial charge in [0.25, 0.3) is 0 Å². The van der Waals surface area contributed by atoms with Gasteiger partial charge >= 0.3 is 0 Å². The zero-order valence-corrected chi connectivity index (χ0v) is 12.4. The quantitative estimate of drug-likeness (QED) is 0.889. The molecule has 0 aliphatic heterocycles. The highest BCUT2D eigenvalue weighted by molar-refractivity contribution is 5.42. The molecule has 1 atom stereocenters. The second-order valence-electron chi connectivity index (χ2n) is 4.97. The van der Waals surface area contributed by atoms with Gasteiger partial charge in [-0.1, -0.05) is 0 Å². The van der Waals surface area contributed by atoms with Crippen LogP contribution in [0.25, 0.3) is 0 Å². The summed E-state index contributed by atoms with van der Waals surface area (Å²) in [7, 11) is 1.62. The Morgan fingerprint density at radius 3 is 2.81 bits per heavy atom. The topological polar surface area (TPSA) is 39.1 Å². The molecule has 6 heteroatoms. The van der Waals surface area contributed by atoms with Gasteiger partial charge in [-0.2, -0.15) is 5.10 Å². The summed E-state index contributed by atoms with van der Waals surface area (Å²) < 4.78 is 34.2. The Morgan fingerprint density at radius 2 is 2.10 bits per heavy atom. The molecule has 0 amide bonds. The maximum Gasteiger partial charge on any atom is 0.128 e. The number of benzene rings is 1. The molecule has 1 unspecified atom stereocenters. The predicted molar refractivity (Wildman–Crippen MR) is 77.2 cm³/mol. The van der Waals surface area contributed by atoms with Crippen LogP contribution in [0.5, 0.6) is 0 Å². The smallest absolute Gasteiger partial charge is 0.128 e. The van der Waals surface area contributed by atoms with E-state index in [1.165, 1.54) is 12.1 Å². The molecular formula is C15H19F2N3O. The summed E-state index contributed by atoms with van der Waals surface area (Å²) in [6, 6.07) is 2.09. The van der Waals surface area contributed by atoms with Crippen LogP contribution in [0.4, 0.5) is 14.5 Å². The number of ether oxygens (including phenoxy) is 1. The molecule has 1 aromatic heterocycles. The van der Waals surface area contributed by atoms with Crippen LogP contribution in [-0.4, -0.2) is 23.5 Å². The number of nitrogens with one attached hydrogen (secondary N) is 1. The Kier molecular flexibility index (Phi) is 4.90. The number of hydrogen-bond acceptors (Lipinski definition) is 3. The maximum absolute atomic E-state index is 13.9. The predicted octanol–water partition coefficient (Wildman–Crippen LogP) is 3.29. The molecule has 0 bridgehead atoms. The first kappa shape index (κ1) is 15.4. The number of rotatable bonds is 6. The molecule has 0 saturated carbocycles. The van der Waals surface area contributed by atoms with E-state index >= 15 is 0 Å². The van der Waals surface area contributed by atoms with Crippen LogP contribution in [0.15, 0.2) is 24.5 Å². The zero-order valence-electron chi connectivity index (χ0n) is 12.4. The lowest BCUT2D eigenvalue weighted by Gasteiger charge is -2.15. The minimum absolute atomic E-state index is 0.294. The van der Waals surface area contributed by atoms with Gasteiger partial charge in [-0.3, -0.25) is 4.68 Å². The standard InChI is InChI=1S/C15H19F2N3O/c1-10-6-15(17)13(7-14(10)16)11(2)19-12-8-18-20(9-12)4-5-21-3/h6-9,11,19H,4-5H2,1-3H3. The third kappa shape index (κ3) is 3.78. The molecule has 4 nitrogen and oxygen atoms in total. The average molecular weight is 295 g/mol. The summed E-state index contributed by atoms with van der Waals surface area (Å²) >= 11 is 0. The molecule has 2 aromatic rings. The number of nitrogens with zero attached hydrogens (tertiary/aromatic N) is 2. The van der Waals surface area contributed by atoms with Gasteiger partial charge in [0.05, 0.1) is 31.1 Å². The van der Waals surface area contributed by atoms with Crippen LogP contribution in [0.1, 0.15) is 24.1 Å². The first-order valence-electron chi connectivity index (χ1n) is 6.74. The van der Waals surface area contributed by atoms with E-state index in [0.717, 1.165) is 5.69 Å². The molecule has 1 aromatic carbocycles. The molecule has 0 fully saturated rings. The Morgan fingerprint density at radius 1 is 1.33 bits per heavy atom. The first-order valence-corrected chi connectivity index (χ1v) is 6.74. The highest BCUT2D eigenvalue weighted by atomic mass is 19.1. The molecule has 1 heterocycles. The summed E-state index contributed by atoms with van der Waals surface area (Å²) in [5, 5.41) is 7.27. The van der Waals surface area contributed by atoms with Crippen molar-refractivity contribution in [3.8, 4) is 0 Å². The van der Waals surface area contributed by atoms with Gasteiger partial charge < -0.3 is 10.1 Å². The Balaban J connectivity index is 2.09. The Bertz CT molecular complexity index is 613. The number of methoxy groups -OCH3 is 1. The van der Waals surface area contributed by atoms with Crippen molar-refractivity contribution in [2.45, 2.75) is 26.4 Å². The highest BCUT2D eigenvalue weighted by Gasteiger charge is 2.14. The minimum atomic E-state index is -0.416. The van der Waals surface area contributed by atoms with Crippen LogP contribution >= 0.6 is 0 Å². The second kappa shape index (κ2) is 6.67. The lowest BCUT2D eigenvalue weighted by atomic mass is 10.0. The van der Waals surface area contributed by atoms with Gasteiger partial charge in [-0.15, -0.1) is 0 Å². The summed E-state index contributed by atoms with van der Waals surface area (Å²) in [5.41, 5.74) is 1.34. The molecule has 0 radical (unpaired) electrons. The van der Waals surface area contributed by atoms with Gasteiger partial charge in [-0.05, 0) is 31.5 Å². The Hall–Kier alpha value is -1.95. The third-order valence-electron chi connectivity index (χ3n) is 3.29. The van der Waals surface area contributed by atoms with Crippen molar-refractivity contribution in [1.29, 1.82) is 0 Å². The van der Waals surface area contributed by atoms with Crippen molar-refractivity contribution in [1.82, 2.24) is 9.78 Å². The monoisotopic (exact) mass is 295 g/mol. The van der Waals surface area contributed by atoms with E-state index in [1.54, 1.807) is 38.0 Å². The molecular weight excluding hydrogens is 276 g/mol. The van der Waals surface area contributed by atoms with E-state index in [-0.39, 0.29) is 6.04 Å². The van der Waals surface area contributed by atoms with Gasteiger partial charge in [0.1, 0.15) is 11.6 Å². The van der Waals surface area contributed by atoms with E-state index in [2.05, 4.69) is 10.4 Å². The second-order valence-corrected chi connectivity index (χ2v) is 4.97. The number of halogens is 2. The number of aromatic nitrogens is 2. The summed E-state index contributed by atoms with van der Waals surface area (Å²) in [5.74, 6) is -0.823. The van der Waals surface area contributed by atoms with Gasteiger partial charge in [0.2, 0.25) is 0 Å². The summed E-state index contributed by atoms with van der Waals surface area (Å²) in [6.45, 7) is 4.52. The van der Waals surface area contributed by atoms with E-state index in [4.69, 9.17) is 4.74 Å². The van der Waals surface area contributed by atoms with Crippen molar-refractivity contribution in [3.05, 3.63) is 47.3 Å². The average Bonchev–Trinajstić information content (AvgIpc) is 2.88. The largest absolute Gasteiger partial charge is 0.383 e. The molecule has 0 aliphatic rings. The van der Waals surface area contributed by atoms with Gasteiger partial charge in [0, 0.05) is 18.9 Å². The Labute approximate surface area is 122 Å². The zero-order chi connectivity index (χ0) is 15.4. The third-order valence-corrected chi connectivity index (χ3v) is 3.29. The van der Waals surface area contributed by atoms with Crippen LogP contribution in [0.2, 0.25) is 0 Å². The molecule has 0 aliphatic carbocycles. The van der Waals surface area contributed by atoms with Gasteiger partial charge in [-0.25, -0.2) is 8.78 Å². The van der Waals surface area contributed by atoms with Crippen molar-refractivity contribution in [3.63, 3.8) is 0 Å². The van der Waals surface area contributed by atoms with Gasteiger partial charge in [0.15, 0.2) is 0 Å². The fraction of sp³-hybridized carbons (Fsp3) is 0.400. The minimum Gasteiger partial charge on any atom is -0.383 e. The number of hydrogen-bond donors (Lipinski definition) is 1. The van der Waals surface area contributed by atoms with Crippen LogP contribution < -0.4 is 5.32 Å². The highest BCUT2D eigenvalue weighted by Crippen LogP contribution is 2.23. The lowest BCUT2D eigenvalue weighted by Crippen LogP contribution is -2.09. The summed E-state index contributed by atoms with van der Waals surface area (Å²) in [6.07, 6.45) is 3.45. The normalized spacial score (nSPS) is 12.4. The van der Waals surface area contributed by atoms with Crippen molar-refractivity contribution in [2.75, 3.05) is 19.0 Å². The van der Waals surface area contributed by atoms with Crippen molar-refractivity contribution in [2.24, 2.45) is 0 Å². The molecule has 21 heavy (non-hydrogen) atoms. The first-order chi connectivity index (χ1) is 10.0. The molecule has 2 rings (SSSR count). The molecule has 0 spiro atoms. The molecule has 114 valence electrons. The lowest BCUT2D eigenvalue weighted by molar-refractivity contribution is 0.183. The fourth-order valence-corrected chi connectivity index (χ4v) is 2.07. The SMILES string of the molecule is COCCn1cc(NC(C)c2cc(F)c(C)cc2F)cn1. The van der Waals surface area contributed by atoms with E-state index < -0.39 is 11.6 Å². The number of anilines is 1. The summed E-state index contributed by atoms with van der Waals surface area (Å²) in [4.78, 5) is 0. The molecule has 1 N–H and O–H groups in total. The van der Waals surface area contributed by atoms with Crippen LogP contribution in [0, 0.1) is 18.6 Å². The molecule has 0 saturated heterocycles. The van der Waals surface area contributed by atoms with Crippen molar-refractivity contribution >= 4 is 5.69 Å². The van der Waals surface area contributed by atoms with Crippen LogP contribution in [-0.2, 0) is 11.3 Å². The maximum atomic E-state index is 13.9. The fourth-order valence-electron chi connectivity index (χ4n) is 2.07. The number of aryl methyl sites for hydroxylation is 1. The van der Waals surface area contributed by atoms with E-state index in [9.17, 15) is 8.78 Å². The van der Waals surface area contributed by atoms with Crippen molar-refractivity contribution < 1.29 is 13.5 Å². The van der Waals surface area contributed by atoms with E-state index in [0.29, 0.717) is 24.3 Å². The van der Waals surface area contributed by atoms with Crippen LogP contribution in [0.3, 0.4) is 0 Å². The van der Waals surface area contributed by atoms with E-state index in [1.807, 2.05) is 0 Å².